The van der Waals surface area contributed by atoms with Gasteiger partial charge in [-0.2, -0.15) is 4.99 Å². The van der Waals surface area contributed by atoms with Crippen molar-refractivity contribution in [1.29, 1.82) is 0 Å². The van der Waals surface area contributed by atoms with Crippen molar-refractivity contribution in [2.24, 2.45) is 4.99 Å². The van der Waals surface area contributed by atoms with Crippen LogP contribution in [0.25, 0.3) is 0 Å². The fourth-order valence-corrected chi connectivity index (χ4v) is 4.65. The molecule has 2 aliphatic heterocycles. The molecule has 162 valence electrons. The summed E-state index contributed by atoms with van der Waals surface area (Å²) < 4.78 is 5.20. The highest BCUT2D eigenvalue weighted by Crippen LogP contribution is 2.29. The van der Waals surface area contributed by atoms with E-state index in [2.05, 4.69) is 20.5 Å². The number of hydrogen-bond donors (Lipinski definition) is 2. The second-order valence-corrected chi connectivity index (χ2v) is 8.65. The van der Waals surface area contributed by atoms with Gasteiger partial charge in [0.2, 0.25) is 5.91 Å². The van der Waals surface area contributed by atoms with Crippen LogP contribution in [-0.4, -0.2) is 46.1 Å². The lowest BCUT2D eigenvalue weighted by atomic mass is 10.1. The quantitative estimate of drug-likeness (QED) is 0.716. The van der Waals surface area contributed by atoms with E-state index >= 15 is 0 Å². The van der Waals surface area contributed by atoms with Gasteiger partial charge >= 0.3 is 0 Å². The molecule has 2 aromatic rings. The van der Waals surface area contributed by atoms with E-state index in [0.717, 1.165) is 31.1 Å². The van der Waals surface area contributed by atoms with Crippen LogP contribution in [0.15, 0.2) is 52.1 Å². The third-order valence-electron chi connectivity index (χ3n) is 5.14. The smallest absolute Gasteiger partial charge is 0.262 e. The average Bonchev–Trinajstić information content (AvgIpc) is 3.43. The zero-order valence-corrected chi connectivity index (χ0v) is 17.8. The summed E-state index contributed by atoms with van der Waals surface area (Å²) >= 11 is 1.37. The van der Waals surface area contributed by atoms with Crippen molar-refractivity contribution in [2.75, 3.05) is 18.4 Å². The highest BCUT2D eigenvalue weighted by molar-refractivity contribution is 8.15. The third kappa shape index (κ3) is 5.55. The number of nitrogens with one attached hydrogen (secondary N) is 2. The van der Waals surface area contributed by atoms with Gasteiger partial charge in [0.15, 0.2) is 5.17 Å². The summed E-state index contributed by atoms with van der Waals surface area (Å²) in [7, 11) is 0. The SMILES string of the molecule is O=C(CC1SC(N2CCCCC2)=NC1=O)Nc1cccc(C(=O)NCc2ccco2)c1. The molecule has 31 heavy (non-hydrogen) atoms. The number of furan rings is 1. The number of aliphatic imine (C=N–C) groups is 1. The zero-order valence-electron chi connectivity index (χ0n) is 17.0. The van der Waals surface area contributed by atoms with Gasteiger partial charge in [0.1, 0.15) is 11.0 Å². The zero-order chi connectivity index (χ0) is 21.6. The van der Waals surface area contributed by atoms with E-state index in [4.69, 9.17) is 4.42 Å². The summed E-state index contributed by atoms with van der Waals surface area (Å²) in [5, 5.41) is 5.78. The standard InChI is InChI=1S/C22H24N4O4S/c27-19(13-18-21(29)25-22(31-18)26-9-2-1-3-10-26)24-16-7-4-6-15(12-16)20(28)23-14-17-8-5-11-30-17/h4-8,11-12,18H,1-3,9-10,13-14H2,(H,23,28)(H,24,27). The molecule has 3 heterocycles. The first kappa shape index (κ1) is 21.2. The molecule has 1 unspecified atom stereocenters. The molecule has 0 saturated carbocycles. The minimum absolute atomic E-state index is 0.0409. The Bertz CT molecular complexity index is 983. The van der Waals surface area contributed by atoms with Crippen molar-refractivity contribution in [1.82, 2.24) is 10.2 Å². The molecule has 1 atom stereocenters. The summed E-state index contributed by atoms with van der Waals surface area (Å²) in [6.45, 7) is 2.10. The number of thioether (sulfide) groups is 1. The number of hydrogen-bond acceptors (Lipinski definition) is 6. The summed E-state index contributed by atoms with van der Waals surface area (Å²) in [5.74, 6) is -0.155. The molecule has 1 saturated heterocycles. The van der Waals surface area contributed by atoms with Crippen molar-refractivity contribution in [3.63, 3.8) is 0 Å². The number of piperidine rings is 1. The number of carbonyl (C=O) groups excluding carboxylic acids is 3. The predicted molar refractivity (Wildman–Crippen MR) is 119 cm³/mol. The Morgan fingerprint density at radius 1 is 1.16 bits per heavy atom. The third-order valence-corrected chi connectivity index (χ3v) is 6.35. The highest BCUT2D eigenvalue weighted by atomic mass is 32.2. The van der Waals surface area contributed by atoms with Gasteiger partial charge in [0, 0.05) is 30.8 Å². The van der Waals surface area contributed by atoms with Gasteiger partial charge in [-0.05, 0) is 49.6 Å². The first-order valence-electron chi connectivity index (χ1n) is 10.3. The van der Waals surface area contributed by atoms with Crippen LogP contribution in [0, 0.1) is 0 Å². The molecule has 0 radical (unpaired) electrons. The van der Waals surface area contributed by atoms with Crippen LogP contribution >= 0.6 is 11.8 Å². The fraction of sp³-hybridized carbons (Fsp3) is 0.364. The summed E-state index contributed by atoms with van der Waals surface area (Å²) in [6.07, 6.45) is 4.99. The number of anilines is 1. The Labute approximate surface area is 184 Å². The van der Waals surface area contributed by atoms with Crippen LogP contribution in [0.2, 0.25) is 0 Å². The Morgan fingerprint density at radius 2 is 2.00 bits per heavy atom. The van der Waals surface area contributed by atoms with E-state index in [9.17, 15) is 14.4 Å². The van der Waals surface area contributed by atoms with E-state index < -0.39 is 5.25 Å². The number of rotatable bonds is 6. The molecule has 1 fully saturated rings. The molecular weight excluding hydrogens is 416 g/mol. The average molecular weight is 441 g/mol. The molecule has 2 N–H and O–H groups in total. The second kappa shape index (κ2) is 9.82. The normalized spacial score (nSPS) is 18.6. The van der Waals surface area contributed by atoms with Gasteiger partial charge in [-0.25, -0.2) is 0 Å². The highest BCUT2D eigenvalue weighted by Gasteiger charge is 2.33. The second-order valence-electron chi connectivity index (χ2n) is 7.48. The fourth-order valence-electron chi connectivity index (χ4n) is 3.53. The van der Waals surface area contributed by atoms with Crippen LogP contribution < -0.4 is 10.6 Å². The number of amidine groups is 1. The lowest BCUT2D eigenvalue weighted by Crippen LogP contribution is -2.33. The molecule has 2 aliphatic rings. The van der Waals surface area contributed by atoms with Crippen molar-refractivity contribution in [2.45, 2.75) is 37.5 Å². The first-order valence-corrected chi connectivity index (χ1v) is 11.2. The van der Waals surface area contributed by atoms with Gasteiger partial charge in [-0.1, -0.05) is 17.8 Å². The molecular formula is C22H24N4O4S. The Morgan fingerprint density at radius 3 is 2.77 bits per heavy atom. The molecule has 0 spiro atoms. The molecule has 1 aromatic carbocycles. The Kier molecular flexibility index (Phi) is 6.71. The monoisotopic (exact) mass is 440 g/mol. The van der Waals surface area contributed by atoms with E-state index in [-0.39, 0.29) is 30.7 Å². The maximum atomic E-state index is 12.5. The lowest BCUT2D eigenvalue weighted by Gasteiger charge is -2.27. The number of benzene rings is 1. The molecule has 1 aromatic heterocycles. The Balaban J connectivity index is 1.29. The number of amides is 3. The van der Waals surface area contributed by atoms with E-state index in [1.54, 1.807) is 42.7 Å². The maximum Gasteiger partial charge on any atom is 0.262 e. The van der Waals surface area contributed by atoms with Crippen molar-refractivity contribution >= 4 is 40.3 Å². The van der Waals surface area contributed by atoms with E-state index in [1.165, 1.54) is 18.2 Å². The summed E-state index contributed by atoms with van der Waals surface area (Å²) in [4.78, 5) is 43.4. The van der Waals surface area contributed by atoms with Crippen LogP contribution in [0.5, 0.6) is 0 Å². The summed E-state index contributed by atoms with van der Waals surface area (Å²) in [6, 6.07) is 10.2. The van der Waals surface area contributed by atoms with Crippen LogP contribution in [0.4, 0.5) is 5.69 Å². The lowest BCUT2D eigenvalue weighted by molar-refractivity contribution is -0.121. The van der Waals surface area contributed by atoms with Gasteiger partial charge in [-0.15, -0.1) is 0 Å². The van der Waals surface area contributed by atoms with Gasteiger partial charge < -0.3 is 20.0 Å². The van der Waals surface area contributed by atoms with Gasteiger partial charge in [0.25, 0.3) is 11.8 Å². The Hall–Kier alpha value is -3.07. The van der Waals surface area contributed by atoms with Crippen LogP contribution in [0.3, 0.4) is 0 Å². The van der Waals surface area contributed by atoms with Crippen molar-refractivity contribution in [3.8, 4) is 0 Å². The van der Waals surface area contributed by atoms with Crippen LogP contribution in [0.1, 0.15) is 41.8 Å². The van der Waals surface area contributed by atoms with Gasteiger partial charge in [-0.3, -0.25) is 14.4 Å². The minimum atomic E-state index is -0.503. The van der Waals surface area contributed by atoms with E-state index in [0.29, 0.717) is 17.0 Å². The predicted octanol–water partition coefficient (Wildman–Crippen LogP) is 3.02. The molecule has 3 amide bonds. The molecule has 4 rings (SSSR count). The van der Waals surface area contributed by atoms with E-state index in [1.807, 2.05) is 0 Å². The number of nitrogens with zero attached hydrogens (tertiary/aromatic N) is 2. The molecule has 8 nitrogen and oxygen atoms in total. The minimum Gasteiger partial charge on any atom is -0.467 e. The number of likely N-dealkylation sites (tertiary alicyclic amines) is 1. The maximum absolute atomic E-state index is 12.5. The van der Waals surface area contributed by atoms with Crippen molar-refractivity contribution in [3.05, 3.63) is 54.0 Å². The molecule has 0 aliphatic carbocycles. The van der Waals surface area contributed by atoms with Crippen molar-refractivity contribution < 1.29 is 18.8 Å². The molecule has 0 bridgehead atoms. The topological polar surface area (TPSA) is 104 Å². The van der Waals surface area contributed by atoms with Crippen LogP contribution in [-0.2, 0) is 16.1 Å². The van der Waals surface area contributed by atoms with Gasteiger partial charge in [0.05, 0.1) is 12.8 Å². The summed E-state index contributed by atoms with van der Waals surface area (Å²) in [5.41, 5.74) is 0.926. The largest absolute Gasteiger partial charge is 0.467 e. The molecule has 9 heteroatoms. The number of carbonyl (C=O) groups is 3. The first-order chi connectivity index (χ1) is 15.1.